The predicted molar refractivity (Wildman–Crippen MR) is 77.3 cm³/mol. The number of carbonyl (C=O) groups is 1. The number of carboxylic acids is 1. The van der Waals surface area contributed by atoms with Gasteiger partial charge in [0.05, 0.1) is 0 Å². The minimum absolute atomic E-state index is 0.752. The normalized spacial score (nSPS) is 11.0. The van der Waals surface area contributed by atoms with E-state index in [9.17, 15) is 4.79 Å². The molecule has 0 unspecified atom stereocenters. The highest BCUT2D eigenvalue weighted by Crippen LogP contribution is 2.24. The predicted octanol–water partition coefficient (Wildman–Crippen LogP) is 3.24. The van der Waals surface area contributed by atoms with Crippen LogP contribution in [0.25, 0.3) is 6.08 Å². The maximum Gasteiger partial charge on any atom is 0.328 e. The largest absolute Gasteiger partial charge is 0.478 e. The van der Waals surface area contributed by atoms with Crippen molar-refractivity contribution in [3.8, 4) is 0 Å². The van der Waals surface area contributed by atoms with E-state index in [0.29, 0.717) is 0 Å². The number of nitrogens with zero attached hydrogens (tertiary/aromatic N) is 2. The summed E-state index contributed by atoms with van der Waals surface area (Å²) in [5.41, 5.74) is 1.95. The lowest BCUT2D eigenvalue weighted by Crippen LogP contribution is -1.86. The molecule has 0 aromatic carbocycles. The molecule has 6 heteroatoms. The van der Waals surface area contributed by atoms with Crippen LogP contribution in [0.3, 0.4) is 0 Å². The molecule has 2 aromatic rings. The Hall–Kier alpha value is -1.66. The summed E-state index contributed by atoms with van der Waals surface area (Å²) in [7, 11) is 0. The molecule has 98 valence electrons. The van der Waals surface area contributed by atoms with Crippen LogP contribution in [0.5, 0.6) is 0 Å². The number of thiophene rings is 1. The van der Waals surface area contributed by atoms with E-state index in [-0.39, 0.29) is 0 Å². The zero-order valence-corrected chi connectivity index (χ0v) is 11.9. The summed E-state index contributed by atoms with van der Waals surface area (Å²) in [4.78, 5) is 20.0. The van der Waals surface area contributed by atoms with E-state index in [1.54, 1.807) is 41.6 Å². The number of thioether (sulfide) groups is 1. The van der Waals surface area contributed by atoms with Gasteiger partial charge in [0.25, 0.3) is 0 Å². The topological polar surface area (TPSA) is 63.1 Å². The Morgan fingerprint density at radius 2 is 2.21 bits per heavy atom. The molecule has 0 bridgehead atoms. The monoisotopic (exact) mass is 292 g/mol. The molecule has 2 rings (SSSR count). The third-order valence-electron chi connectivity index (χ3n) is 2.19. The van der Waals surface area contributed by atoms with E-state index in [2.05, 4.69) is 9.97 Å². The fraction of sp³-hybridized carbons (Fsp3) is 0.154. The first-order chi connectivity index (χ1) is 9.13. The molecule has 19 heavy (non-hydrogen) atoms. The van der Waals surface area contributed by atoms with Crippen LogP contribution in [0, 0.1) is 6.92 Å². The van der Waals surface area contributed by atoms with Crippen LogP contribution in [0.2, 0.25) is 0 Å². The van der Waals surface area contributed by atoms with Gasteiger partial charge in [0.1, 0.15) is 0 Å². The molecule has 0 aliphatic carbocycles. The maximum absolute atomic E-state index is 10.4. The summed E-state index contributed by atoms with van der Waals surface area (Å²) in [5.74, 6) is -0.149. The molecule has 0 aliphatic heterocycles. The van der Waals surface area contributed by atoms with Gasteiger partial charge in [0, 0.05) is 29.1 Å². The van der Waals surface area contributed by atoms with E-state index >= 15 is 0 Å². The average Bonchev–Trinajstić information content (AvgIpc) is 2.84. The van der Waals surface area contributed by atoms with E-state index in [4.69, 9.17) is 5.11 Å². The van der Waals surface area contributed by atoms with Gasteiger partial charge >= 0.3 is 5.97 Å². The summed E-state index contributed by atoms with van der Waals surface area (Å²) < 4.78 is 0. The molecule has 0 spiro atoms. The van der Waals surface area contributed by atoms with Gasteiger partial charge in [-0.3, -0.25) is 0 Å². The highest BCUT2D eigenvalue weighted by atomic mass is 32.2. The van der Waals surface area contributed by atoms with E-state index in [1.165, 1.54) is 4.88 Å². The van der Waals surface area contributed by atoms with Gasteiger partial charge in [-0.15, -0.1) is 11.3 Å². The third kappa shape index (κ3) is 4.50. The quantitative estimate of drug-likeness (QED) is 0.521. The van der Waals surface area contributed by atoms with Gasteiger partial charge in [-0.05, 0) is 35.6 Å². The number of rotatable bonds is 5. The standard InChI is InChI=1S/C13H12N2O2S2/c1-9-5-14-13(15-6-9)19-8-11-4-10(7-18-11)2-3-12(16)17/h2-7H,8H2,1H3,(H,16,17). The smallest absolute Gasteiger partial charge is 0.328 e. The van der Waals surface area contributed by atoms with Gasteiger partial charge in [-0.1, -0.05) is 11.8 Å². The molecule has 0 fully saturated rings. The fourth-order valence-electron chi connectivity index (χ4n) is 1.32. The lowest BCUT2D eigenvalue weighted by atomic mass is 10.3. The van der Waals surface area contributed by atoms with Crippen LogP contribution >= 0.6 is 23.1 Å². The van der Waals surface area contributed by atoms with E-state index in [0.717, 1.165) is 28.1 Å². The zero-order valence-electron chi connectivity index (χ0n) is 10.2. The highest BCUT2D eigenvalue weighted by Gasteiger charge is 2.02. The van der Waals surface area contributed by atoms with Crippen LogP contribution in [0.4, 0.5) is 0 Å². The molecule has 2 aromatic heterocycles. The second-order valence-corrected chi connectivity index (χ2v) is 5.79. The molecule has 0 aliphatic rings. The number of hydrogen-bond donors (Lipinski definition) is 1. The Bertz CT molecular complexity index is 591. The van der Waals surface area contributed by atoms with Crippen LogP contribution in [-0.4, -0.2) is 21.0 Å². The lowest BCUT2D eigenvalue weighted by molar-refractivity contribution is -0.131. The van der Waals surface area contributed by atoms with Crippen molar-refractivity contribution in [3.05, 3.63) is 45.9 Å². The highest BCUT2D eigenvalue weighted by molar-refractivity contribution is 7.98. The third-order valence-corrected chi connectivity index (χ3v) is 4.26. The molecular formula is C13H12N2O2S2. The summed E-state index contributed by atoms with van der Waals surface area (Å²) in [6.07, 6.45) is 6.33. The van der Waals surface area contributed by atoms with E-state index < -0.39 is 5.97 Å². The maximum atomic E-state index is 10.4. The summed E-state index contributed by atoms with van der Waals surface area (Å²) in [6, 6.07) is 1.98. The molecule has 0 atom stereocenters. The second kappa shape index (κ2) is 6.49. The van der Waals surface area contributed by atoms with Gasteiger partial charge in [-0.2, -0.15) is 0 Å². The number of carboxylic acid groups (broad SMARTS) is 1. The van der Waals surface area contributed by atoms with Crippen molar-refractivity contribution in [1.82, 2.24) is 9.97 Å². The van der Waals surface area contributed by atoms with Crippen LogP contribution in [-0.2, 0) is 10.5 Å². The Kier molecular flexibility index (Phi) is 4.70. The van der Waals surface area contributed by atoms with Gasteiger partial charge in [-0.25, -0.2) is 14.8 Å². The molecule has 0 saturated heterocycles. The minimum Gasteiger partial charge on any atom is -0.478 e. The summed E-state index contributed by atoms with van der Waals surface area (Å²) in [6.45, 7) is 1.95. The van der Waals surface area contributed by atoms with Crippen LogP contribution in [0.15, 0.2) is 35.1 Å². The molecule has 0 radical (unpaired) electrons. The lowest BCUT2D eigenvalue weighted by Gasteiger charge is -1.97. The first kappa shape index (κ1) is 13.8. The summed E-state index contributed by atoms with van der Waals surface area (Å²) >= 11 is 3.17. The van der Waals surface area contributed by atoms with Crippen molar-refractivity contribution < 1.29 is 9.90 Å². The van der Waals surface area contributed by atoms with Gasteiger partial charge < -0.3 is 5.11 Å². The molecule has 2 heterocycles. The number of aromatic nitrogens is 2. The second-order valence-electron chi connectivity index (χ2n) is 3.85. The first-order valence-electron chi connectivity index (χ1n) is 5.53. The molecule has 1 N–H and O–H groups in total. The average molecular weight is 292 g/mol. The number of aliphatic carboxylic acids is 1. The molecule has 0 saturated carbocycles. The SMILES string of the molecule is Cc1cnc(SCc2cc(C=CC(=O)O)cs2)nc1. The van der Waals surface area contributed by atoms with Crippen molar-refractivity contribution in [2.45, 2.75) is 17.8 Å². The number of aryl methyl sites for hydroxylation is 1. The fourth-order valence-corrected chi connectivity index (χ4v) is 3.02. The van der Waals surface area contributed by atoms with Gasteiger partial charge in [0.2, 0.25) is 0 Å². The van der Waals surface area contributed by atoms with Crippen molar-refractivity contribution in [1.29, 1.82) is 0 Å². The van der Waals surface area contributed by atoms with Crippen molar-refractivity contribution >= 4 is 35.1 Å². The van der Waals surface area contributed by atoms with Crippen molar-refractivity contribution in [3.63, 3.8) is 0 Å². The Balaban J connectivity index is 1.93. The molecular weight excluding hydrogens is 280 g/mol. The zero-order chi connectivity index (χ0) is 13.7. The van der Waals surface area contributed by atoms with Crippen LogP contribution in [0.1, 0.15) is 16.0 Å². The Labute approximate surface area is 119 Å². The minimum atomic E-state index is -0.935. The Morgan fingerprint density at radius 3 is 2.89 bits per heavy atom. The summed E-state index contributed by atoms with van der Waals surface area (Å²) in [5, 5.41) is 11.2. The van der Waals surface area contributed by atoms with Crippen molar-refractivity contribution in [2.24, 2.45) is 0 Å². The van der Waals surface area contributed by atoms with E-state index in [1.807, 2.05) is 18.4 Å². The number of hydrogen-bond acceptors (Lipinski definition) is 5. The molecule has 0 amide bonds. The Morgan fingerprint density at radius 1 is 1.47 bits per heavy atom. The molecule has 4 nitrogen and oxygen atoms in total. The van der Waals surface area contributed by atoms with Crippen molar-refractivity contribution in [2.75, 3.05) is 0 Å². The van der Waals surface area contributed by atoms with Crippen LogP contribution < -0.4 is 0 Å². The van der Waals surface area contributed by atoms with Gasteiger partial charge in [0.15, 0.2) is 5.16 Å². The first-order valence-corrected chi connectivity index (χ1v) is 7.40.